The van der Waals surface area contributed by atoms with E-state index in [9.17, 15) is 4.79 Å². The van der Waals surface area contributed by atoms with Crippen molar-refractivity contribution >= 4 is 11.6 Å². The van der Waals surface area contributed by atoms with Gasteiger partial charge in [-0.2, -0.15) is 0 Å². The van der Waals surface area contributed by atoms with Crippen molar-refractivity contribution in [3.8, 4) is 0 Å². The number of nitrogens with one attached hydrogen (secondary N) is 1. The van der Waals surface area contributed by atoms with Crippen molar-refractivity contribution in [2.75, 3.05) is 11.4 Å². The molecule has 1 aromatic carbocycles. The van der Waals surface area contributed by atoms with Crippen LogP contribution in [0, 0.1) is 0 Å². The van der Waals surface area contributed by atoms with E-state index in [4.69, 9.17) is 5.73 Å². The van der Waals surface area contributed by atoms with Gasteiger partial charge in [0.25, 0.3) is 0 Å². The first kappa shape index (κ1) is 17.5. The molecule has 4 nitrogen and oxygen atoms in total. The summed E-state index contributed by atoms with van der Waals surface area (Å²) in [6, 6.07) is 7.88. The number of nitrogens with two attached hydrogens (primary N) is 1. The highest BCUT2D eigenvalue weighted by molar-refractivity contribution is 5.85. The summed E-state index contributed by atoms with van der Waals surface area (Å²) in [5, 5.41) is 3.11. The molecule has 1 rings (SSSR count). The van der Waals surface area contributed by atoms with Gasteiger partial charge in [0.2, 0.25) is 5.91 Å². The first-order valence-corrected chi connectivity index (χ1v) is 7.72. The van der Waals surface area contributed by atoms with E-state index in [1.807, 2.05) is 45.0 Å². The second-order valence-electron chi connectivity index (χ2n) is 6.06. The normalized spacial score (nSPS) is 12.9. The Morgan fingerprint density at radius 2 is 1.86 bits per heavy atom. The van der Waals surface area contributed by atoms with E-state index in [0.29, 0.717) is 6.54 Å². The number of carbonyl (C=O) groups is 1. The lowest BCUT2D eigenvalue weighted by atomic mass is 10.0. The molecule has 1 unspecified atom stereocenters. The lowest BCUT2D eigenvalue weighted by Crippen LogP contribution is -2.52. The third kappa shape index (κ3) is 4.74. The summed E-state index contributed by atoms with van der Waals surface area (Å²) in [6.45, 7) is 11.5. The molecule has 0 radical (unpaired) electrons. The number of rotatable bonds is 7. The molecule has 21 heavy (non-hydrogen) atoms. The average molecular weight is 291 g/mol. The molecule has 118 valence electrons. The summed E-state index contributed by atoms with van der Waals surface area (Å²) in [7, 11) is 0. The Morgan fingerprint density at radius 3 is 2.29 bits per heavy atom. The minimum atomic E-state index is -0.204. The highest BCUT2D eigenvalue weighted by atomic mass is 16.2. The first-order valence-electron chi connectivity index (χ1n) is 7.72. The number of benzene rings is 1. The quantitative estimate of drug-likeness (QED) is 0.812. The fourth-order valence-corrected chi connectivity index (χ4v) is 2.17. The second-order valence-corrected chi connectivity index (χ2v) is 6.06. The number of carbonyl (C=O) groups excluding carboxylic acids is 1. The molecule has 0 spiro atoms. The van der Waals surface area contributed by atoms with Gasteiger partial charge in [-0.3, -0.25) is 4.79 Å². The molecule has 1 atom stereocenters. The summed E-state index contributed by atoms with van der Waals surface area (Å²) in [4.78, 5) is 14.5. The van der Waals surface area contributed by atoms with Gasteiger partial charge in [-0.15, -0.1) is 0 Å². The van der Waals surface area contributed by atoms with Crippen LogP contribution in [0.25, 0.3) is 0 Å². The molecular weight excluding hydrogens is 262 g/mol. The van der Waals surface area contributed by atoms with Crippen molar-refractivity contribution in [2.45, 2.75) is 59.2 Å². The predicted molar refractivity (Wildman–Crippen MR) is 89.3 cm³/mol. The third-order valence-corrected chi connectivity index (χ3v) is 4.04. The summed E-state index contributed by atoms with van der Waals surface area (Å²) in [5.41, 5.74) is 7.60. The largest absolute Gasteiger partial charge is 0.360 e. The molecule has 3 N–H and O–H groups in total. The van der Waals surface area contributed by atoms with Crippen LogP contribution in [0.1, 0.15) is 46.6 Å². The number of amides is 1. The Morgan fingerprint density at radius 1 is 1.29 bits per heavy atom. The van der Waals surface area contributed by atoms with Crippen LogP contribution in [0.2, 0.25) is 0 Å². The van der Waals surface area contributed by atoms with Crippen molar-refractivity contribution in [1.82, 2.24) is 5.32 Å². The number of nitrogens with zero attached hydrogens (tertiary/aromatic N) is 1. The van der Waals surface area contributed by atoms with Crippen LogP contribution in [0.15, 0.2) is 24.3 Å². The zero-order chi connectivity index (χ0) is 16.0. The molecule has 0 heterocycles. The summed E-state index contributed by atoms with van der Waals surface area (Å²) < 4.78 is 0. The number of hydrogen-bond donors (Lipinski definition) is 2. The molecule has 1 amide bonds. The van der Waals surface area contributed by atoms with Crippen LogP contribution in [0.5, 0.6) is 0 Å². The Kier molecular flexibility index (Phi) is 6.21. The van der Waals surface area contributed by atoms with E-state index < -0.39 is 0 Å². The van der Waals surface area contributed by atoms with Crippen molar-refractivity contribution in [3.63, 3.8) is 0 Å². The van der Waals surface area contributed by atoms with E-state index in [-0.39, 0.29) is 17.5 Å². The van der Waals surface area contributed by atoms with E-state index in [2.05, 4.69) is 24.1 Å². The fraction of sp³-hybridized carbons (Fsp3) is 0.588. The minimum Gasteiger partial charge on any atom is -0.360 e. The molecule has 0 saturated heterocycles. The Labute approximate surface area is 128 Å². The fourth-order valence-electron chi connectivity index (χ4n) is 2.17. The van der Waals surface area contributed by atoms with Crippen molar-refractivity contribution < 1.29 is 4.79 Å². The van der Waals surface area contributed by atoms with Gasteiger partial charge >= 0.3 is 0 Å². The van der Waals surface area contributed by atoms with Crippen LogP contribution >= 0.6 is 0 Å². The minimum absolute atomic E-state index is 0.0617. The van der Waals surface area contributed by atoms with Gasteiger partial charge in [0.1, 0.15) is 6.04 Å². The van der Waals surface area contributed by atoms with Gasteiger partial charge < -0.3 is 16.0 Å². The van der Waals surface area contributed by atoms with Gasteiger partial charge in [0.15, 0.2) is 0 Å². The topological polar surface area (TPSA) is 58.4 Å². The van der Waals surface area contributed by atoms with Crippen LogP contribution in [-0.2, 0) is 11.3 Å². The highest BCUT2D eigenvalue weighted by Crippen LogP contribution is 2.18. The Balaban J connectivity index is 2.85. The molecular formula is C17H29N3O. The van der Waals surface area contributed by atoms with Crippen LogP contribution < -0.4 is 16.0 Å². The smallest absolute Gasteiger partial charge is 0.242 e. The average Bonchev–Trinajstić information content (AvgIpc) is 2.48. The van der Waals surface area contributed by atoms with E-state index >= 15 is 0 Å². The molecule has 0 aliphatic carbocycles. The summed E-state index contributed by atoms with van der Waals surface area (Å²) in [6.07, 6.45) is 0.906. The molecule has 1 aromatic rings. The van der Waals surface area contributed by atoms with Crippen molar-refractivity contribution in [1.29, 1.82) is 0 Å². The molecule has 0 aromatic heterocycles. The Bertz CT molecular complexity index is 454. The van der Waals surface area contributed by atoms with E-state index in [0.717, 1.165) is 24.2 Å². The lowest BCUT2D eigenvalue weighted by Gasteiger charge is -2.33. The summed E-state index contributed by atoms with van der Waals surface area (Å²) >= 11 is 0. The zero-order valence-corrected chi connectivity index (χ0v) is 13.9. The van der Waals surface area contributed by atoms with Gasteiger partial charge in [-0.05, 0) is 51.8 Å². The molecule has 0 saturated carbocycles. The van der Waals surface area contributed by atoms with Crippen molar-refractivity contribution in [2.24, 2.45) is 5.73 Å². The van der Waals surface area contributed by atoms with Gasteiger partial charge in [-0.1, -0.05) is 19.1 Å². The third-order valence-electron chi connectivity index (χ3n) is 4.04. The highest BCUT2D eigenvalue weighted by Gasteiger charge is 2.25. The van der Waals surface area contributed by atoms with Gasteiger partial charge in [0.05, 0.1) is 0 Å². The molecule has 0 aliphatic heterocycles. The molecule has 4 heteroatoms. The first-order chi connectivity index (χ1) is 9.84. The lowest BCUT2D eigenvalue weighted by molar-refractivity contribution is -0.123. The van der Waals surface area contributed by atoms with Crippen LogP contribution in [0.3, 0.4) is 0 Å². The maximum absolute atomic E-state index is 12.4. The Hall–Kier alpha value is -1.55. The van der Waals surface area contributed by atoms with Crippen molar-refractivity contribution in [3.05, 3.63) is 29.8 Å². The SMILES string of the molecule is CCN(c1ccc(CN)cc1)C(C)C(=O)NC(C)(C)CC. The molecule has 0 aliphatic rings. The van der Waals surface area contributed by atoms with E-state index in [1.165, 1.54) is 0 Å². The standard InChI is InChI=1S/C17H29N3O/c1-6-17(4,5)19-16(21)13(3)20(7-2)15-10-8-14(12-18)9-11-15/h8-11,13H,6-7,12,18H2,1-5H3,(H,19,21). The van der Waals surface area contributed by atoms with Gasteiger partial charge in [0, 0.05) is 24.3 Å². The van der Waals surface area contributed by atoms with Crippen LogP contribution in [0.4, 0.5) is 5.69 Å². The van der Waals surface area contributed by atoms with Gasteiger partial charge in [-0.25, -0.2) is 0 Å². The molecule has 0 fully saturated rings. The number of hydrogen-bond acceptors (Lipinski definition) is 3. The number of likely N-dealkylation sites (N-methyl/N-ethyl adjacent to an activating group) is 1. The maximum Gasteiger partial charge on any atom is 0.242 e. The monoisotopic (exact) mass is 291 g/mol. The predicted octanol–water partition coefficient (Wildman–Crippen LogP) is 2.66. The van der Waals surface area contributed by atoms with E-state index in [1.54, 1.807) is 0 Å². The second kappa shape index (κ2) is 7.46. The number of anilines is 1. The maximum atomic E-state index is 12.4. The zero-order valence-electron chi connectivity index (χ0n) is 13.9. The molecule has 0 bridgehead atoms. The summed E-state index contributed by atoms with van der Waals surface area (Å²) in [5.74, 6) is 0.0617. The van der Waals surface area contributed by atoms with Crippen LogP contribution in [-0.4, -0.2) is 24.0 Å².